The summed E-state index contributed by atoms with van der Waals surface area (Å²) in [6.45, 7) is 7.49. The highest BCUT2D eigenvalue weighted by atomic mass is 16.6. The minimum atomic E-state index is -0.585. The molecule has 24 heavy (non-hydrogen) atoms. The fourth-order valence-electron chi connectivity index (χ4n) is 2.28. The Balaban J connectivity index is 2.31. The Labute approximate surface area is 144 Å². The summed E-state index contributed by atoms with van der Waals surface area (Å²) in [5, 5.41) is 19.4. The van der Waals surface area contributed by atoms with Gasteiger partial charge in [-0.3, -0.25) is 4.90 Å². The summed E-state index contributed by atoms with van der Waals surface area (Å²) in [5.74, 6) is 0.254. The van der Waals surface area contributed by atoms with Crippen LogP contribution in [0.4, 0.5) is 0 Å². The van der Waals surface area contributed by atoms with Crippen LogP contribution in [0.1, 0.15) is 19.4 Å². The molecule has 0 aliphatic heterocycles. The summed E-state index contributed by atoms with van der Waals surface area (Å²) in [6, 6.07) is 7.06. The molecule has 1 rings (SSSR count). The normalized spacial score (nSPS) is 12.9. The van der Waals surface area contributed by atoms with Gasteiger partial charge in [0, 0.05) is 26.3 Å². The van der Waals surface area contributed by atoms with Gasteiger partial charge in [-0.2, -0.15) is 0 Å². The number of phenolic OH excluding ortho intramolecular Hbond substituents is 1. The topological polar surface area (TPSA) is 71.4 Å². The minimum Gasteiger partial charge on any atom is -0.508 e. The van der Waals surface area contributed by atoms with Gasteiger partial charge in [-0.1, -0.05) is 12.1 Å². The number of aromatic hydroxyl groups is 1. The maximum atomic E-state index is 10.2. The van der Waals surface area contributed by atoms with E-state index in [4.69, 9.17) is 14.2 Å². The van der Waals surface area contributed by atoms with Gasteiger partial charge in [0.1, 0.15) is 11.9 Å². The molecule has 138 valence electrons. The molecule has 1 unspecified atom stereocenters. The molecule has 0 fully saturated rings. The third-order valence-electron chi connectivity index (χ3n) is 3.45. The van der Waals surface area contributed by atoms with Crippen LogP contribution in [-0.2, 0) is 20.8 Å². The molecule has 6 heteroatoms. The summed E-state index contributed by atoms with van der Waals surface area (Å²) < 4.78 is 16.5. The SMILES string of the molecule is CCOCC(COCC)OCC(O)CN(C)Cc1ccc(O)cc1. The van der Waals surface area contributed by atoms with E-state index in [2.05, 4.69) is 0 Å². The molecule has 0 aliphatic rings. The van der Waals surface area contributed by atoms with Crippen molar-refractivity contribution >= 4 is 0 Å². The molecule has 0 radical (unpaired) electrons. The number of nitrogens with zero attached hydrogens (tertiary/aromatic N) is 1. The van der Waals surface area contributed by atoms with Crippen molar-refractivity contribution in [3.63, 3.8) is 0 Å². The molecular formula is C18H31NO5. The standard InChI is InChI=1S/C18H31NO5/c1-4-22-13-18(14-23-5-2)24-12-17(21)11-19(3)10-15-6-8-16(20)9-7-15/h6-9,17-18,20-21H,4-5,10-14H2,1-3H3. The molecular weight excluding hydrogens is 310 g/mol. The van der Waals surface area contributed by atoms with Crippen molar-refractivity contribution in [2.24, 2.45) is 0 Å². The molecule has 0 aromatic heterocycles. The van der Waals surface area contributed by atoms with E-state index in [1.54, 1.807) is 12.1 Å². The Bertz CT molecular complexity index is 418. The first kappa shape index (κ1) is 20.9. The van der Waals surface area contributed by atoms with Gasteiger partial charge in [-0.05, 0) is 38.6 Å². The Morgan fingerprint density at radius 1 is 1.00 bits per heavy atom. The van der Waals surface area contributed by atoms with E-state index in [1.807, 2.05) is 37.9 Å². The van der Waals surface area contributed by atoms with E-state index in [0.29, 0.717) is 39.5 Å². The molecule has 0 spiro atoms. The Hall–Kier alpha value is -1.18. The smallest absolute Gasteiger partial charge is 0.115 e. The van der Waals surface area contributed by atoms with Crippen molar-refractivity contribution in [2.75, 3.05) is 46.6 Å². The molecule has 0 aliphatic carbocycles. The molecule has 1 aromatic rings. The van der Waals surface area contributed by atoms with Gasteiger partial charge in [0.2, 0.25) is 0 Å². The van der Waals surface area contributed by atoms with Gasteiger partial charge < -0.3 is 24.4 Å². The molecule has 1 aromatic carbocycles. The fourth-order valence-corrected chi connectivity index (χ4v) is 2.28. The molecule has 0 amide bonds. The van der Waals surface area contributed by atoms with Crippen LogP contribution in [0, 0.1) is 0 Å². The highest BCUT2D eigenvalue weighted by Gasteiger charge is 2.14. The van der Waals surface area contributed by atoms with Gasteiger partial charge in [0.25, 0.3) is 0 Å². The third kappa shape index (κ3) is 9.20. The number of hydrogen-bond donors (Lipinski definition) is 2. The summed E-state index contributed by atoms with van der Waals surface area (Å²) in [6.07, 6.45) is -0.750. The van der Waals surface area contributed by atoms with Crippen molar-refractivity contribution in [1.29, 1.82) is 0 Å². The van der Waals surface area contributed by atoms with Crippen molar-refractivity contribution in [1.82, 2.24) is 4.90 Å². The number of hydrogen-bond acceptors (Lipinski definition) is 6. The van der Waals surface area contributed by atoms with Crippen molar-refractivity contribution in [3.05, 3.63) is 29.8 Å². The van der Waals surface area contributed by atoms with Crippen molar-refractivity contribution < 1.29 is 24.4 Å². The van der Waals surface area contributed by atoms with Crippen LogP contribution in [0.5, 0.6) is 5.75 Å². The molecule has 0 saturated heterocycles. The van der Waals surface area contributed by atoms with Crippen LogP contribution in [0.2, 0.25) is 0 Å². The lowest BCUT2D eigenvalue weighted by Gasteiger charge is -2.23. The number of benzene rings is 1. The van der Waals surface area contributed by atoms with Crippen LogP contribution in [-0.4, -0.2) is 73.9 Å². The second-order valence-corrected chi connectivity index (χ2v) is 5.79. The zero-order valence-corrected chi connectivity index (χ0v) is 15.0. The molecule has 0 bridgehead atoms. The predicted octanol–water partition coefficient (Wildman–Crippen LogP) is 1.64. The first-order valence-electron chi connectivity index (χ1n) is 8.46. The van der Waals surface area contributed by atoms with Crippen LogP contribution in [0.15, 0.2) is 24.3 Å². The molecule has 6 nitrogen and oxygen atoms in total. The van der Waals surface area contributed by atoms with E-state index in [0.717, 1.165) is 5.56 Å². The molecule has 1 atom stereocenters. The number of ether oxygens (including phenoxy) is 3. The monoisotopic (exact) mass is 341 g/mol. The van der Waals surface area contributed by atoms with Gasteiger partial charge >= 0.3 is 0 Å². The van der Waals surface area contributed by atoms with Gasteiger partial charge in [0.15, 0.2) is 0 Å². The third-order valence-corrected chi connectivity index (χ3v) is 3.45. The van der Waals surface area contributed by atoms with E-state index < -0.39 is 6.10 Å². The van der Waals surface area contributed by atoms with Gasteiger partial charge in [0.05, 0.1) is 25.9 Å². The largest absolute Gasteiger partial charge is 0.508 e. The van der Waals surface area contributed by atoms with Gasteiger partial charge in [-0.25, -0.2) is 0 Å². The second-order valence-electron chi connectivity index (χ2n) is 5.79. The molecule has 2 N–H and O–H groups in total. The average Bonchev–Trinajstić information content (AvgIpc) is 2.56. The summed E-state index contributed by atoms with van der Waals surface area (Å²) >= 11 is 0. The zero-order valence-electron chi connectivity index (χ0n) is 15.0. The number of rotatable bonds is 13. The number of aliphatic hydroxyl groups excluding tert-OH is 1. The molecule has 0 heterocycles. The first-order chi connectivity index (χ1) is 11.5. The van der Waals surface area contributed by atoms with Crippen LogP contribution < -0.4 is 0 Å². The number of likely N-dealkylation sites (N-methyl/N-ethyl adjacent to an activating group) is 1. The van der Waals surface area contributed by atoms with Crippen LogP contribution >= 0.6 is 0 Å². The van der Waals surface area contributed by atoms with E-state index in [9.17, 15) is 10.2 Å². The number of aliphatic hydroxyl groups is 1. The number of phenols is 1. The van der Waals surface area contributed by atoms with E-state index in [-0.39, 0.29) is 18.5 Å². The maximum absolute atomic E-state index is 10.2. The highest BCUT2D eigenvalue weighted by Crippen LogP contribution is 2.11. The highest BCUT2D eigenvalue weighted by molar-refractivity contribution is 5.25. The fraction of sp³-hybridized carbons (Fsp3) is 0.667. The summed E-state index contributed by atoms with van der Waals surface area (Å²) in [4.78, 5) is 2.01. The summed E-state index contributed by atoms with van der Waals surface area (Å²) in [7, 11) is 1.94. The lowest BCUT2D eigenvalue weighted by molar-refractivity contribution is -0.0819. The Morgan fingerprint density at radius 2 is 1.58 bits per heavy atom. The Morgan fingerprint density at radius 3 is 2.12 bits per heavy atom. The maximum Gasteiger partial charge on any atom is 0.115 e. The average molecular weight is 341 g/mol. The van der Waals surface area contributed by atoms with Gasteiger partial charge in [-0.15, -0.1) is 0 Å². The minimum absolute atomic E-state index is 0.165. The summed E-state index contributed by atoms with van der Waals surface area (Å²) in [5.41, 5.74) is 1.08. The van der Waals surface area contributed by atoms with Crippen LogP contribution in [0.25, 0.3) is 0 Å². The lowest BCUT2D eigenvalue weighted by Crippen LogP contribution is -2.35. The van der Waals surface area contributed by atoms with Crippen molar-refractivity contribution in [2.45, 2.75) is 32.6 Å². The quantitative estimate of drug-likeness (QED) is 0.568. The lowest BCUT2D eigenvalue weighted by atomic mass is 10.2. The van der Waals surface area contributed by atoms with E-state index in [1.165, 1.54) is 0 Å². The second kappa shape index (κ2) is 12.2. The first-order valence-corrected chi connectivity index (χ1v) is 8.46. The molecule has 0 saturated carbocycles. The Kier molecular flexibility index (Phi) is 10.6. The predicted molar refractivity (Wildman–Crippen MR) is 93.2 cm³/mol. The van der Waals surface area contributed by atoms with E-state index >= 15 is 0 Å². The van der Waals surface area contributed by atoms with Crippen molar-refractivity contribution in [3.8, 4) is 5.75 Å². The van der Waals surface area contributed by atoms with Crippen LogP contribution in [0.3, 0.4) is 0 Å². The zero-order chi connectivity index (χ0) is 17.8.